The molecule has 2 aromatic carbocycles. The Morgan fingerprint density at radius 2 is 1.82 bits per heavy atom. The number of amides is 1. The Hall–Kier alpha value is -3.08. The standard InChI is InChI=1S/C17H14F3N5O2S/c1-11(28-16-22-23-24-25(16)13-5-3-2-4-6-13)15(26)21-12-7-9-14(10-8-12)27-17(18,19)20/h2-11H,1H3,(H,21,26)/t11-/m1/s1. The van der Waals surface area contributed by atoms with Crippen molar-refractivity contribution >= 4 is 23.4 Å². The Bertz CT molecular complexity index is 932. The number of ether oxygens (including phenoxy) is 1. The number of anilines is 1. The summed E-state index contributed by atoms with van der Waals surface area (Å²) in [6.45, 7) is 1.67. The van der Waals surface area contributed by atoms with Gasteiger partial charge < -0.3 is 10.1 Å². The van der Waals surface area contributed by atoms with Gasteiger partial charge in [-0.05, 0) is 53.7 Å². The largest absolute Gasteiger partial charge is 0.573 e. The number of alkyl halides is 3. The number of nitrogens with one attached hydrogen (secondary N) is 1. The SMILES string of the molecule is C[C@@H](Sc1nnnn1-c1ccccc1)C(=O)Nc1ccc(OC(F)(F)F)cc1. The fourth-order valence-electron chi connectivity index (χ4n) is 2.18. The maximum Gasteiger partial charge on any atom is 0.573 e. The number of carbonyl (C=O) groups excluding carboxylic acids is 1. The number of carbonyl (C=O) groups is 1. The van der Waals surface area contributed by atoms with Gasteiger partial charge in [-0.1, -0.05) is 30.0 Å². The third-order valence-corrected chi connectivity index (χ3v) is 4.48. The van der Waals surface area contributed by atoms with Gasteiger partial charge in [-0.25, -0.2) is 0 Å². The van der Waals surface area contributed by atoms with Crippen LogP contribution in [0.25, 0.3) is 5.69 Å². The van der Waals surface area contributed by atoms with Gasteiger partial charge in [-0.15, -0.1) is 18.3 Å². The maximum atomic E-state index is 12.4. The number of nitrogens with zero attached hydrogens (tertiary/aromatic N) is 4. The lowest BCUT2D eigenvalue weighted by Crippen LogP contribution is -2.23. The number of aromatic nitrogens is 4. The fourth-order valence-corrected chi connectivity index (χ4v) is 2.99. The van der Waals surface area contributed by atoms with Gasteiger partial charge in [0, 0.05) is 5.69 Å². The normalized spacial score (nSPS) is 12.4. The van der Waals surface area contributed by atoms with Crippen LogP contribution in [0.15, 0.2) is 59.8 Å². The monoisotopic (exact) mass is 409 g/mol. The van der Waals surface area contributed by atoms with E-state index in [1.807, 2.05) is 30.3 Å². The molecular weight excluding hydrogens is 395 g/mol. The van der Waals surface area contributed by atoms with Gasteiger partial charge in [-0.2, -0.15) is 4.68 Å². The van der Waals surface area contributed by atoms with E-state index in [9.17, 15) is 18.0 Å². The molecule has 0 spiro atoms. The molecule has 0 aliphatic rings. The van der Waals surface area contributed by atoms with Gasteiger partial charge in [0.05, 0.1) is 10.9 Å². The van der Waals surface area contributed by atoms with E-state index in [2.05, 4.69) is 25.6 Å². The molecule has 1 N–H and O–H groups in total. The molecule has 0 aliphatic carbocycles. The van der Waals surface area contributed by atoms with Crippen LogP contribution in [0.3, 0.4) is 0 Å². The lowest BCUT2D eigenvalue weighted by Gasteiger charge is -2.13. The van der Waals surface area contributed by atoms with Crippen LogP contribution < -0.4 is 10.1 Å². The van der Waals surface area contributed by atoms with Crippen LogP contribution in [0, 0.1) is 0 Å². The first-order chi connectivity index (χ1) is 13.3. The molecule has 28 heavy (non-hydrogen) atoms. The summed E-state index contributed by atoms with van der Waals surface area (Å²) in [6, 6.07) is 14.1. The van der Waals surface area contributed by atoms with E-state index < -0.39 is 11.6 Å². The molecule has 146 valence electrons. The number of tetrazole rings is 1. The summed E-state index contributed by atoms with van der Waals surface area (Å²) in [5.74, 6) is -0.716. The molecule has 0 aliphatic heterocycles. The van der Waals surface area contributed by atoms with Crippen LogP contribution in [-0.2, 0) is 4.79 Å². The number of hydrogen-bond donors (Lipinski definition) is 1. The molecule has 0 saturated heterocycles. The quantitative estimate of drug-likeness (QED) is 0.626. The van der Waals surface area contributed by atoms with Crippen molar-refractivity contribution in [1.29, 1.82) is 0 Å². The van der Waals surface area contributed by atoms with Crippen LogP contribution in [0.1, 0.15) is 6.92 Å². The second kappa shape index (κ2) is 8.30. The Kier molecular flexibility index (Phi) is 5.83. The molecule has 3 rings (SSSR count). The van der Waals surface area contributed by atoms with E-state index in [4.69, 9.17) is 0 Å². The van der Waals surface area contributed by atoms with Crippen molar-refractivity contribution in [3.05, 3.63) is 54.6 Å². The molecule has 0 bridgehead atoms. The van der Waals surface area contributed by atoms with Crippen LogP contribution in [0.2, 0.25) is 0 Å². The summed E-state index contributed by atoms with van der Waals surface area (Å²) >= 11 is 1.15. The maximum absolute atomic E-state index is 12.4. The van der Waals surface area contributed by atoms with Crippen molar-refractivity contribution < 1.29 is 22.7 Å². The highest BCUT2D eigenvalue weighted by Gasteiger charge is 2.31. The summed E-state index contributed by atoms with van der Waals surface area (Å²) in [6.07, 6.45) is -4.77. The fraction of sp³-hybridized carbons (Fsp3) is 0.176. The first kappa shape index (κ1) is 19.7. The number of benzene rings is 2. The number of rotatable bonds is 6. The molecule has 1 aromatic heterocycles. The third kappa shape index (κ3) is 5.22. The van der Waals surface area contributed by atoms with Crippen LogP contribution in [0.5, 0.6) is 5.75 Å². The van der Waals surface area contributed by atoms with Crippen molar-refractivity contribution in [3.8, 4) is 11.4 Å². The predicted molar refractivity (Wildman–Crippen MR) is 96.2 cm³/mol. The van der Waals surface area contributed by atoms with Gasteiger partial charge in [-0.3, -0.25) is 4.79 Å². The predicted octanol–water partition coefficient (Wildman–Crippen LogP) is 3.68. The lowest BCUT2D eigenvalue weighted by molar-refractivity contribution is -0.274. The summed E-state index contributed by atoms with van der Waals surface area (Å²) in [7, 11) is 0. The molecule has 0 saturated carbocycles. The Balaban J connectivity index is 1.62. The minimum absolute atomic E-state index is 0.342. The average Bonchev–Trinajstić information content (AvgIpc) is 3.11. The molecule has 3 aromatic rings. The highest BCUT2D eigenvalue weighted by atomic mass is 32.2. The molecular formula is C17H14F3N5O2S. The zero-order valence-corrected chi connectivity index (χ0v) is 15.2. The first-order valence-corrected chi connectivity index (χ1v) is 8.87. The van der Waals surface area contributed by atoms with Crippen molar-refractivity contribution in [3.63, 3.8) is 0 Å². The Morgan fingerprint density at radius 1 is 1.14 bits per heavy atom. The summed E-state index contributed by atoms with van der Waals surface area (Å²) in [5.41, 5.74) is 1.09. The number of halogens is 3. The third-order valence-electron chi connectivity index (χ3n) is 3.45. The Morgan fingerprint density at radius 3 is 2.46 bits per heavy atom. The van der Waals surface area contributed by atoms with Crippen LogP contribution in [-0.4, -0.2) is 37.7 Å². The van der Waals surface area contributed by atoms with Gasteiger partial charge in [0.25, 0.3) is 0 Å². The number of thioether (sulfide) groups is 1. The van der Waals surface area contributed by atoms with E-state index in [0.29, 0.717) is 10.8 Å². The van der Waals surface area contributed by atoms with Crippen LogP contribution >= 0.6 is 11.8 Å². The van der Waals surface area contributed by atoms with E-state index in [0.717, 1.165) is 29.6 Å². The van der Waals surface area contributed by atoms with Gasteiger partial charge in [0.1, 0.15) is 5.75 Å². The first-order valence-electron chi connectivity index (χ1n) is 7.99. The molecule has 7 nitrogen and oxygen atoms in total. The second-order valence-corrected chi connectivity index (χ2v) is 6.84. The Labute approximate surface area is 161 Å². The van der Waals surface area contributed by atoms with Crippen molar-refractivity contribution in [2.24, 2.45) is 0 Å². The zero-order valence-electron chi connectivity index (χ0n) is 14.4. The average molecular weight is 409 g/mol. The molecule has 1 atom stereocenters. The molecule has 0 fully saturated rings. The van der Waals surface area contributed by atoms with Gasteiger partial charge in [0.15, 0.2) is 0 Å². The number of hydrogen-bond acceptors (Lipinski definition) is 6. The highest BCUT2D eigenvalue weighted by Crippen LogP contribution is 2.26. The molecule has 1 heterocycles. The van der Waals surface area contributed by atoms with Crippen molar-refractivity contribution in [2.45, 2.75) is 23.7 Å². The highest BCUT2D eigenvalue weighted by molar-refractivity contribution is 8.00. The van der Waals surface area contributed by atoms with Crippen molar-refractivity contribution in [1.82, 2.24) is 20.2 Å². The molecule has 0 radical (unpaired) electrons. The van der Waals surface area contributed by atoms with E-state index in [1.54, 1.807) is 6.92 Å². The smallest absolute Gasteiger partial charge is 0.406 e. The van der Waals surface area contributed by atoms with E-state index in [-0.39, 0.29) is 11.7 Å². The number of para-hydroxylation sites is 1. The van der Waals surface area contributed by atoms with E-state index >= 15 is 0 Å². The summed E-state index contributed by atoms with van der Waals surface area (Å²) in [5, 5.41) is 14.0. The van der Waals surface area contributed by atoms with E-state index in [1.165, 1.54) is 16.8 Å². The van der Waals surface area contributed by atoms with Crippen molar-refractivity contribution in [2.75, 3.05) is 5.32 Å². The molecule has 0 unspecified atom stereocenters. The minimum atomic E-state index is -4.77. The van der Waals surface area contributed by atoms with Gasteiger partial charge >= 0.3 is 6.36 Å². The summed E-state index contributed by atoms with van der Waals surface area (Å²) < 4.78 is 41.8. The lowest BCUT2D eigenvalue weighted by atomic mass is 10.3. The second-order valence-electron chi connectivity index (χ2n) is 5.53. The zero-order chi connectivity index (χ0) is 20.1. The molecule has 1 amide bonds. The molecule has 11 heteroatoms. The minimum Gasteiger partial charge on any atom is -0.406 e. The van der Waals surface area contributed by atoms with Crippen LogP contribution in [0.4, 0.5) is 18.9 Å². The topological polar surface area (TPSA) is 81.9 Å². The summed E-state index contributed by atoms with van der Waals surface area (Å²) in [4.78, 5) is 12.4. The van der Waals surface area contributed by atoms with Gasteiger partial charge in [0.2, 0.25) is 11.1 Å².